The van der Waals surface area contributed by atoms with Crippen LogP contribution in [0.3, 0.4) is 0 Å². The van der Waals surface area contributed by atoms with Crippen molar-refractivity contribution in [2.75, 3.05) is 19.6 Å². The van der Waals surface area contributed by atoms with Gasteiger partial charge in [0.2, 0.25) is 0 Å². The first-order chi connectivity index (χ1) is 8.89. The van der Waals surface area contributed by atoms with Gasteiger partial charge in [-0.1, -0.05) is 12.8 Å². The fraction of sp³-hybridized carbons (Fsp3) is 0.882. The summed E-state index contributed by atoms with van der Waals surface area (Å²) >= 11 is 0. The molecule has 2 fully saturated rings. The minimum absolute atomic E-state index is 0.00487. The van der Waals surface area contributed by atoms with Gasteiger partial charge in [-0.05, 0) is 64.7 Å². The van der Waals surface area contributed by atoms with Crippen molar-refractivity contribution in [3.63, 3.8) is 0 Å². The molecule has 2 nitrogen and oxygen atoms in total. The van der Waals surface area contributed by atoms with Crippen molar-refractivity contribution in [3.05, 3.63) is 0 Å². The van der Waals surface area contributed by atoms with Gasteiger partial charge in [-0.25, -0.2) is 0 Å². The number of likely N-dealkylation sites (tertiary alicyclic amines) is 1. The average molecular weight is 264 g/mol. The molecule has 0 unspecified atom stereocenters. The molecule has 0 amide bonds. The Hall–Kier alpha value is -0.520. The van der Waals surface area contributed by atoms with Gasteiger partial charge in [0, 0.05) is 0 Å². The van der Waals surface area contributed by atoms with Crippen LogP contribution in [-0.4, -0.2) is 30.8 Å². The largest absolute Gasteiger partial charge is 0.357 e. The van der Waals surface area contributed by atoms with Gasteiger partial charge in [0.05, 0.1) is 18.7 Å². The Morgan fingerprint density at radius 1 is 1.16 bits per heavy atom. The molecule has 0 radical (unpaired) electrons. The van der Waals surface area contributed by atoms with Crippen LogP contribution >= 0.6 is 0 Å². The van der Waals surface area contributed by atoms with Gasteiger partial charge in [-0.2, -0.15) is 0 Å². The quantitative estimate of drug-likeness (QED) is 0.716. The van der Waals surface area contributed by atoms with Crippen molar-refractivity contribution in [2.45, 2.75) is 71.0 Å². The van der Waals surface area contributed by atoms with E-state index in [2.05, 4.69) is 39.5 Å². The van der Waals surface area contributed by atoms with Crippen LogP contribution in [0.4, 0.5) is 0 Å². The van der Waals surface area contributed by atoms with E-state index in [1.807, 2.05) is 0 Å². The van der Waals surface area contributed by atoms with E-state index in [0.717, 1.165) is 25.3 Å². The van der Waals surface area contributed by atoms with Gasteiger partial charge in [0.1, 0.15) is 12.1 Å². The van der Waals surface area contributed by atoms with Gasteiger partial charge in [-0.3, -0.25) is 0 Å². The Bertz CT molecular complexity index is 357. The van der Waals surface area contributed by atoms with Crippen LogP contribution < -0.4 is 4.90 Å². The van der Waals surface area contributed by atoms with Crippen LogP contribution in [0.5, 0.6) is 0 Å². The molecule has 0 aromatic rings. The SMILES string of the molecule is CC1CC[NH+](CC#C[C@]2(C)CCCC(C)(C)O2)CC1. The summed E-state index contributed by atoms with van der Waals surface area (Å²) in [6.07, 6.45) is 6.18. The maximum atomic E-state index is 6.18. The first-order valence-corrected chi connectivity index (χ1v) is 7.92. The van der Waals surface area contributed by atoms with Gasteiger partial charge >= 0.3 is 0 Å². The predicted octanol–water partition coefficient (Wildman–Crippen LogP) is 2.04. The van der Waals surface area contributed by atoms with Crippen LogP contribution in [-0.2, 0) is 4.74 Å². The van der Waals surface area contributed by atoms with E-state index >= 15 is 0 Å². The molecule has 2 aliphatic rings. The summed E-state index contributed by atoms with van der Waals surface area (Å²) in [6.45, 7) is 12.5. The number of hydrogen-bond acceptors (Lipinski definition) is 1. The first-order valence-electron chi connectivity index (χ1n) is 7.92. The average Bonchev–Trinajstić information content (AvgIpc) is 2.30. The normalized spacial score (nSPS) is 38.3. The zero-order valence-electron chi connectivity index (χ0n) is 13.1. The highest BCUT2D eigenvalue weighted by Crippen LogP contribution is 2.34. The standard InChI is InChI=1S/C17H29NO/c1-15-7-13-18(14-8-15)12-6-11-17(4)10-5-9-16(2,3)19-17/h15H,5,7-10,12-14H2,1-4H3/p+1/t17-/m0/s1. The number of nitrogens with one attached hydrogen (secondary N) is 1. The van der Waals surface area contributed by atoms with E-state index in [9.17, 15) is 0 Å². The molecular formula is C17H30NO+. The maximum absolute atomic E-state index is 6.18. The zero-order chi connectivity index (χ0) is 13.9. The predicted molar refractivity (Wildman–Crippen MR) is 79.2 cm³/mol. The highest BCUT2D eigenvalue weighted by atomic mass is 16.5. The molecule has 0 aliphatic carbocycles. The van der Waals surface area contributed by atoms with Crippen molar-refractivity contribution in [3.8, 4) is 11.8 Å². The minimum Gasteiger partial charge on any atom is -0.357 e. The van der Waals surface area contributed by atoms with E-state index in [4.69, 9.17) is 4.74 Å². The molecule has 108 valence electrons. The molecule has 2 heterocycles. The Morgan fingerprint density at radius 2 is 1.84 bits per heavy atom. The Kier molecular flexibility index (Phi) is 4.58. The second-order valence-electron chi connectivity index (χ2n) is 7.36. The van der Waals surface area contributed by atoms with Gasteiger partial charge in [0.25, 0.3) is 0 Å². The molecule has 0 bridgehead atoms. The molecule has 2 aliphatic heterocycles. The lowest BCUT2D eigenvalue weighted by atomic mass is 9.88. The van der Waals surface area contributed by atoms with E-state index in [0.29, 0.717) is 0 Å². The van der Waals surface area contributed by atoms with Crippen LogP contribution in [0.1, 0.15) is 59.8 Å². The maximum Gasteiger partial charge on any atom is 0.139 e. The Morgan fingerprint density at radius 3 is 2.47 bits per heavy atom. The molecule has 1 N–H and O–H groups in total. The number of hydrogen-bond donors (Lipinski definition) is 1. The van der Waals surface area contributed by atoms with Crippen LogP contribution in [0.2, 0.25) is 0 Å². The molecule has 1 atom stereocenters. The summed E-state index contributed by atoms with van der Waals surface area (Å²) in [4.78, 5) is 1.66. The summed E-state index contributed by atoms with van der Waals surface area (Å²) in [7, 11) is 0. The van der Waals surface area contributed by atoms with Crippen molar-refractivity contribution < 1.29 is 9.64 Å². The first kappa shape index (κ1) is 14.9. The van der Waals surface area contributed by atoms with E-state index < -0.39 is 0 Å². The van der Waals surface area contributed by atoms with Crippen molar-refractivity contribution in [1.29, 1.82) is 0 Å². The summed E-state index contributed by atoms with van der Waals surface area (Å²) in [5.74, 6) is 7.74. The molecule has 0 spiro atoms. The fourth-order valence-electron chi connectivity index (χ4n) is 3.35. The number of rotatable bonds is 1. The third-order valence-electron chi connectivity index (χ3n) is 4.61. The van der Waals surface area contributed by atoms with E-state index in [1.165, 1.54) is 32.4 Å². The minimum atomic E-state index is -0.218. The molecule has 0 saturated carbocycles. The third-order valence-corrected chi connectivity index (χ3v) is 4.61. The molecule has 0 aromatic heterocycles. The molecule has 2 rings (SSSR count). The number of piperidine rings is 1. The lowest BCUT2D eigenvalue weighted by Crippen LogP contribution is -3.13. The van der Waals surface area contributed by atoms with Crippen LogP contribution in [0.15, 0.2) is 0 Å². The van der Waals surface area contributed by atoms with Crippen LogP contribution in [0, 0.1) is 17.8 Å². The molecular weight excluding hydrogens is 234 g/mol. The second-order valence-corrected chi connectivity index (χ2v) is 7.36. The van der Waals surface area contributed by atoms with Crippen LogP contribution in [0.25, 0.3) is 0 Å². The molecule has 0 aromatic carbocycles. The fourth-order valence-corrected chi connectivity index (χ4v) is 3.35. The Labute approximate surface area is 118 Å². The third kappa shape index (κ3) is 4.51. The zero-order valence-corrected chi connectivity index (χ0v) is 13.1. The smallest absolute Gasteiger partial charge is 0.139 e. The van der Waals surface area contributed by atoms with Gasteiger partial charge in [-0.15, -0.1) is 0 Å². The summed E-state index contributed by atoms with van der Waals surface area (Å²) in [5.41, 5.74) is -0.223. The van der Waals surface area contributed by atoms with Crippen molar-refractivity contribution >= 4 is 0 Å². The summed E-state index contributed by atoms with van der Waals surface area (Å²) in [6, 6.07) is 0. The van der Waals surface area contributed by atoms with Crippen molar-refractivity contribution in [2.24, 2.45) is 5.92 Å². The van der Waals surface area contributed by atoms with Gasteiger partial charge < -0.3 is 9.64 Å². The van der Waals surface area contributed by atoms with E-state index in [1.54, 1.807) is 4.90 Å². The highest BCUT2D eigenvalue weighted by molar-refractivity contribution is 5.14. The topological polar surface area (TPSA) is 13.7 Å². The lowest BCUT2D eigenvalue weighted by molar-refractivity contribution is -0.898. The molecule has 19 heavy (non-hydrogen) atoms. The number of ether oxygens (including phenoxy) is 1. The summed E-state index contributed by atoms with van der Waals surface area (Å²) < 4.78 is 6.18. The monoisotopic (exact) mass is 264 g/mol. The molecule has 2 heteroatoms. The summed E-state index contributed by atoms with van der Waals surface area (Å²) in [5, 5.41) is 0. The second kappa shape index (κ2) is 5.85. The Balaban J connectivity index is 1.85. The number of quaternary nitrogens is 1. The van der Waals surface area contributed by atoms with Gasteiger partial charge in [0.15, 0.2) is 0 Å². The van der Waals surface area contributed by atoms with E-state index in [-0.39, 0.29) is 11.2 Å². The highest BCUT2D eigenvalue weighted by Gasteiger charge is 2.35. The lowest BCUT2D eigenvalue weighted by Gasteiger charge is -2.40. The van der Waals surface area contributed by atoms with Crippen molar-refractivity contribution in [1.82, 2.24) is 0 Å². The molecule has 2 saturated heterocycles.